The average molecular weight is 255 g/mol. The fourth-order valence-corrected chi connectivity index (χ4v) is 1.61. The fraction of sp³-hybridized carbons (Fsp3) is 0.0667. The van der Waals surface area contributed by atoms with Crippen LogP contribution in [0.25, 0.3) is 5.57 Å². The molecule has 0 unspecified atom stereocenters. The second-order valence-corrected chi connectivity index (χ2v) is 3.89. The van der Waals surface area contributed by atoms with Crippen LogP contribution >= 0.6 is 0 Å². The van der Waals surface area contributed by atoms with Gasteiger partial charge in [0.2, 0.25) is 5.70 Å². The molecule has 4 nitrogen and oxygen atoms in total. The van der Waals surface area contributed by atoms with Gasteiger partial charge in [0, 0.05) is 11.6 Å². The quantitative estimate of drug-likeness (QED) is 0.594. The molecule has 0 atom stereocenters. The molecule has 0 saturated carbocycles. The van der Waals surface area contributed by atoms with Crippen molar-refractivity contribution in [2.75, 3.05) is 0 Å². The van der Waals surface area contributed by atoms with Crippen molar-refractivity contribution in [3.05, 3.63) is 88.5 Å². The Morgan fingerprint density at radius 2 is 1.89 bits per heavy atom. The molecule has 0 radical (unpaired) electrons. The number of rotatable bonds is 2. The molecule has 0 fully saturated rings. The Balaban J connectivity index is 2.43. The standard InChI is InChI=1S/C15H13NO3/c17-16(18)14-8-6-7-13(10-11-14)15-9-4-2-1-3-5-12-19-15/h1-7,9-12H,8H2. The first kappa shape index (κ1) is 12.8. The maximum Gasteiger partial charge on any atom is 0.250 e. The topological polar surface area (TPSA) is 56.3 Å². The number of nitrogens with zero attached hydrogens (tertiary/aromatic N) is 1. The predicted molar refractivity (Wildman–Crippen MR) is 73.1 cm³/mol. The minimum atomic E-state index is -0.369. The maximum atomic E-state index is 10.7. The van der Waals surface area contributed by atoms with Crippen LogP contribution in [0.1, 0.15) is 12.2 Å². The number of nitro groups is 1. The van der Waals surface area contributed by atoms with E-state index in [0.29, 0.717) is 12.2 Å². The van der Waals surface area contributed by atoms with E-state index in [2.05, 4.69) is 0 Å². The Bertz CT molecular complexity index is 583. The van der Waals surface area contributed by atoms with E-state index < -0.39 is 0 Å². The highest BCUT2D eigenvalue weighted by Gasteiger charge is 2.10. The van der Waals surface area contributed by atoms with Gasteiger partial charge in [-0.1, -0.05) is 36.4 Å². The van der Waals surface area contributed by atoms with Gasteiger partial charge in [0.25, 0.3) is 0 Å². The normalized spacial score (nSPS) is 13.9. The van der Waals surface area contributed by atoms with Crippen molar-refractivity contribution in [3.63, 3.8) is 0 Å². The highest BCUT2D eigenvalue weighted by Crippen LogP contribution is 2.19. The van der Waals surface area contributed by atoms with Crippen LogP contribution in [-0.4, -0.2) is 4.92 Å². The molecule has 1 aliphatic carbocycles. The van der Waals surface area contributed by atoms with Gasteiger partial charge < -0.3 is 4.42 Å². The van der Waals surface area contributed by atoms with E-state index >= 15 is 0 Å². The van der Waals surface area contributed by atoms with E-state index in [-0.39, 0.29) is 10.6 Å². The zero-order valence-corrected chi connectivity index (χ0v) is 10.2. The molecule has 0 aromatic carbocycles. The Morgan fingerprint density at radius 1 is 1.11 bits per heavy atom. The van der Waals surface area contributed by atoms with Crippen molar-refractivity contribution in [2.45, 2.75) is 6.42 Å². The zero-order valence-electron chi connectivity index (χ0n) is 10.2. The van der Waals surface area contributed by atoms with E-state index in [0.717, 1.165) is 5.57 Å². The van der Waals surface area contributed by atoms with Gasteiger partial charge in [-0.2, -0.15) is 0 Å². The summed E-state index contributed by atoms with van der Waals surface area (Å²) in [5.41, 5.74) is 0.968. The van der Waals surface area contributed by atoms with Gasteiger partial charge in [-0.3, -0.25) is 10.1 Å². The summed E-state index contributed by atoms with van der Waals surface area (Å²) in [7, 11) is 0. The molecule has 2 rings (SSSR count). The van der Waals surface area contributed by atoms with Crippen LogP contribution in [0.15, 0.2) is 77.1 Å². The second-order valence-electron chi connectivity index (χ2n) is 3.89. The van der Waals surface area contributed by atoms with Crippen molar-refractivity contribution < 1.29 is 9.34 Å². The molecule has 0 spiro atoms. The molecule has 96 valence electrons. The van der Waals surface area contributed by atoms with Gasteiger partial charge in [-0.25, -0.2) is 0 Å². The van der Waals surface area contributed by atoms with Crippen molar-refractivity contribution >= 4 is 5.57 Å². The van der Waals surface area contributed by atoms with Crippen molar-refractivity contribution in [3.8, 4) is 0 Å². The monoisotopic (exact) mass is 255 g/mol. The van der Waals surface area contributed by atoms with E-state index in [1.165, 1.54) is 6.08 Å². The van der Waals surface area contributed by atoms with Crippen LogP contribution in [0.3, 0.4) is 0 Å². The first-order chi connectivity index (χ1) is 9.27. The first-order valence-corrected chi connectivity index (χ1v) is 5.86. The number of hydrogen-bond donors (Lipinski definition) is 0. The summed E-state index contributed by atoms with van der Waals surface area (Å²) in [6.07, 6.45) is 8.68. The molecule has 0 bridgehead atoms. The summed E-state index contributed by atoms with van der Waals surface area (Å²) in [6.45, 7) is 0. The van der Waals surface area contributed by atoms with Gasteiger partial charge in [0.1, 0.15) is 5.76 Å². The largest absolute Gasteiger partial charge is 0.464 e. The second kappa shape index (κ2) is 6.35. The third-order valence-corrected chi connectivity index (χ3v) is 2.56. The number of allylic oxidation sites excluding steroid dienone is 5. The van der Waals surface area contributed by atoms with Crippen LogP contribution in [0.2, 0.25) is 0 Å². The van der Waals surface area contributed by atoms with Gasteiger partial charge in [-0.15, -0.1) is 0 Å². The van der Waals surface area contributed by atoms with Crippen LogP contribution in [0.5, 0.6) is 0 Å². The van der Waals surface area contributed by atoms with Crippen molar-refractivity contribution in [1.82, 2.24) is 0 Å². The molecule has 0 aliphatic heterocycles. The Labute approximate surface area is 110 Å². The maximum absolute atomic E-state index is 10.7. The van der Waals surface area contributed by atoms with E-state index in [1.54, 1.807) is 24.5 Å². The third kappa shape index (κ3) is 3.67. The van der Waals surface area contributed by atoms with Crippen LogP contribution in [0.4, 0.5) is 0 Å². The van der Waals surface area contributed by atoms with E-state index in [1.807, 2.05) is 36.4 Å². The molecule has 0 N–H and O–H groups in total. The molecular weight excluding hydrogens is 242 g/mol. The van der Waals surface area contributed by atoms with E-state index in [4.69, 9.17) is 4.42 Å². The SMILES string of the molecule is O=[N+]([O-])C1=CC=C(c2ccccccco2)C=CC1. The van der Waals surface area contributed by atoms with Crippen LogP contribution < -0.4 is 0 Å². The lowest BCUT2D eigenvalue weighted by Gasteiger charge is -1.96. The third-order valence-electron chi connectivity index (χ3n) is 2.56. The minimum Gasteiger partial charge on any atom is -0.464 e. The molecule has 1 heterocycles. The lowest BCUT2D eigenvalue weighted by atomic mass is 10.2. The van der Waals surface area contributed by atoms with Crippen molar-refractivity contribution in [2.24, 2.45) is 0 Å². The summed E-state index contributed by atoms with van der Waals surface area (Å²) in [5, 5.41) is 10.7. The molecule has 1 aliphatic rings. The Morgan fingerprint density at radius 3 is 2.74 bits per heavy atom. The molecule has 1 aromatic heterocycles. The summed E-state index contributed by atoms with van der Waals surface area (Å²) in [5.74, 6) is 0.647. The van der Waals surface area contributed by atoms with Gasteiger partial charge >= 0.3 is 0 Å². The molecule has 0 amide bonds. The zero-order chi connectivity index (χ0) is 13.5. The van der Waals surface area contributed by atoms with Gasteiger partial charge in [0.05, 0.1) is 17.6 Å². The summed E-state index contributed by atoms with van der Waals surface area (Å²) in [6, 6.07) is 11.1. The van der Waals surface area contributed by atoms with Crippen molar-refractivity contribution in [1.29, 1.82) is 0 Å². The molecule has 1 aromatic rings. The Hall–Kier alpha value is -2.62. The molecule has 19 heavy (non-hydrogen) atoms. The molecule has 0 saturated heterocycles. The highest BCUT2D eigenvalue weighted by molar-refractivity contribution is 5.72. The fourth-order valence-electron chi connectivity index (χ4n) is 1.61. The molecule has 4 heteroatoms. The van der Waals surface area contributed by atoms with Crippen LogP contribution in [0, 0.1) is 10.1 Å². The lowest BCUT2D eigenvalue weighted by molar-refractivity contribution is -0.426. The van der Waals surface area contributed by atoms with Crippen LogP contribution in [-0.2, 0) is 0 Å². The summed E-state index contributed by atoms with van der Waals surface area (Å²) >= 11 is 0. The van der Waals surface area contributed by atoms with Gasteiger partial charge in [-0.05, 0) is 18.2 Å². The van der Waals surface area contributed by atoms with Gasteiger partial charge in [0.15, 0.2) is 0 Å². The minimum absolute atomic E-state index is 0.169. The summed E-state index contributed by atoms with van der Waals surface area (Å²) < 4.78 is 5.51. The predicted octanol–water partition coefficient (Wildman–Crippen LogP) is 3.91. The lowest BCUT2D eigenvalue weighted by Crippen LogP contribution is -1.95. The highest BCUT2D eigenvalue weighted by atomic mass is 16.6. The first-order valence-electron chi connectivity index (χ1n) is 5.86. The Kier molecular flexibility index (Phi) is 4.29. The average Bonchev–Trinajstić information content (AvgIpc) is 2.55. The smallest absolute Gasteiger partial charge is 0.250 e. The molecular formula is C15H13NO3. The summed E-state index contributed by atoms with van der Waals surface area (Å²) in [4.78, 5) is 10.4. The number of hydrogen-bond acceptors (Lipinski definition) is 3. The van der Waals surface area contributed by atoms with E-state index in [9.17, 15) is 10.1 Å².